The maximum atomic E-state index is 12.8. The minimum Gasteiger partial charge on any atom is -0.483 e. The van der Waals surface area contributed by atoms with Crippen LogP contribution < -0.4 is 14.8 Å². The molecular weight excluding hydrogens is 360 g/mol. The molecule has 0 spiro atoms. The number of para-hydroxylation sites is 2. The lowest BCUT2D eigenvalue weighted by molar-refractivity contribution is -0.128. The topological polar surface area (TPSA) is 60.5 Å². The van der Waals surface area contributed by atoms with E-state index in [1.165, 1.54) is 11.3 Å². The zero-order chi connectivity index (χ0) is 19.2. The molecule has 0 saturated carbocycles. The summed E-state index contributed by atoms with van der Waals surface area (Å²) in [5.74, 6) is 1.06. The summed E-state index contributed by atoms with van der Waals surface area (Å²) < 4.78 is 13.2. The van der Waals surface area contributed by atoms with Gasteiger partial charge in [-0.15, -0.1) is 0 Å². The van der Waals surface area contributed by atoms with Gasteiger partial charge in [0, 0.05) is 12.0 Å². The van der Waals surface area contributed by atoms with Gasteiger partial charge in [0.1, 0.15) is 5.60 Å². The number of fused-ring (bicyclic) bond motifs is 2. The highest BCUT2D eigenvalue weighted by Gasteiger charge is 2.36. The van der Waals surface area contributed by atoms with E-state index in [0.29, 0.717) is 10.9 Å². The van der Waals surface area contributed by atoms with E-state index in [4.69, 9.17) is 9.47 Å². The van der Waals surface area contributed by atoms with Crippen molar-refractivity contribution in [2.75, 3.05) is 5.32 Å². The molecule has 1 aliphatic heterocycles. The van der Waals surface area contributed by atoms with E-state index in [0.717, 1.165) is 28.0 Å². The van der Waals surface area contributed by atoms with E-state index in [1.54, 1.807) is 13.8 Å². The molecule has 0 bridgehead atoms. The van der Waals surface area contributed by atoms with Crippen molar-refractivity contribution in [2.45, 2.75) is 45.3 Å². The maximum absolute atomic E-state index is 12.8. The van der Waals surface area contributed by atoms with E-state index in [-0.39, 0.29) is 11.5 Å². The number of nitrogens with one attached hydrogen (secondary N) is 1. The highest BCUT2D eigenvalue weighted by molar-refractivity contribution is 7.22. The van der Waals surface area contributed by atoms with E-state index in [1.807, 2.05) is 56.3 Å². The van der Waals surface area contributed by atoms with E-state index in [2.05, 4.69) is 10.3 Å². The van der Waals surface area contributed by atoms with Crippen LogP contribution in [0.1, 0.15) is 33.3 Å². The summed E-state index contributed by atoms with van der Waals surface area (Å²) in [6.07, 6.45) is 0.817. The molecule has 3 aromatic rings. The van der Waals surface area contributed by atoms with Gasteiger partial charge in [0.15, 0.2) is 22.2 Å². The van der Waals surface area contributed by atoms with Crippen LogP contribution in [0.15, 0.2) is 42.5 Å². The van der Waals surface area contributed by atoms with E-state index in [9.17, 15) is 4.79 Å². The Morgan fingerprint density at radius 1 is 1.22 bits per heavy atom. The Balaban J connectivity index is 1.54. The summed E-state index contributed by atoms with van der Waals surface area (Å²) in [4.78, 5) is 17.3. The molecule has 6 heteroatoms. The number of carbonyl (C=O) groups excluding carboxylic acids is 1. The monoisotopic (exact) mass is 382 g/mol. The third-order valence-corrected chi connectivity index (χ3v) is 5.43. The van der Waals surface area contributed by atoms with Crippen LogP contribution in [0.25, 0.3) is 10.2 Å². The third kappa shape index (κ3) is 3.49. The van der Waals surface area contributed by atoms with Crippen molar-refractivity contribution in [3.8, 4) is 11.5 Å². The fourth-order valence-corrected chi connectivity index (χ4v) is 4.02. The average molecular weight is 382 g/mol. The lowest BCUT2D eigenvalue weighted by Crippen LogP contribution is -2.42. The SMILES string of the molecule is CC1(C)Cc2cccc(OC(C)(C)C(=O)Nc3nc4ccccc4s3)c2O1. The standard InChI is InChI=1S/C21H22N2O3S/c1-20(2)12-13-8-7-10-15(17(13)26-20)25-21(3,4)18(24)23-19-22-14-9-5-6-11-16(14)27-19/h5-11H,12H2,1-4H3,(H,22,23,24). The number of rotatable bonds is 4. The third-order valence-electron chi connectivity index (χ3n) is 4.48. The van der Waals surface area contributed by atoms with E-state index >= 15 is 0 Å². The minimum atomic E-state index is -1.08. The molecule has 1 amide bonds. The lowest BCUT2D eigenvalue weighted by atomic mass is 10.0. The second kappa shape index (κ2) is 6.23. The van der Waals surface area contributed by atoms with Crippen LogP contribution in [0.2, 0.25) is 0 Å². The van der Waals surface area contributed by atoms with Crippen molar-refractivity contribution >= 4 is 32.6 Å². The van der Waals surface area contributed by atoms with Gasteiger partial charge in [-0.1, -0.05) is 35.6 Å². The smallest absolute Gasteiger partial charge is 0.269 e. The number of hydrogen-bond donors (Lipinski definition) is 1. The number of carbonyl (C=O) groups is 1. The van der Waals surface area contributed by atoms with Gasteiger partial charge in [-0.2, -0.15) is 0 Å². The lowest BCUT2D eigenvalue weighted by Gasteiger charge is -2.26. The first-order chi connectivity index (χ1) is 12.7. The van der Waals surface area contributed by atoms with Crippen molar-refractivity contribution in [2.24, 2.45) is 0 Å². The second-order valence-corrected chi connectivity index (χ2v) is 8.87. The molecule has 0 radical (unpaired) electrons. The molecule has 1 aromatic heterocycles. The summed E-state index contributed by atoms with van der Waals surface area (Å²) >= 11 is 1.44. The molecule has 140 valence electrons. The maximum Gasteiger partial charge on any atom is 0.269 e. The minimum absolute atomic E-state index is 0.253. The molecule has 27 heavy (non-hydrogen) atoms. The zero-order valence-electron chi connectivity index (χ0n) is 15.8. The van der Waals surface area contributed by atoms with Crippen LogP contribution >= 0.6 is 11.3 Å². The zero-order valence-corrected chi connectivity index (χ0v) is 16.6. The number of hydrogen-bond acceptors (Lipinski definition) is 5. The summed E-state index contributed by atoms with van der Waals surface area (Å²) in [5.41, 5.74) is 0.617. The van der Waals surface area contributed by atoms with Gasteiger partial charge < -0.3 is 9.47 Å². The van der Waals surface area contributed by atoms with Crippen molar-refractivity contribution in [3.05, 3.63) is 48.0 Å². The van der Waals surface area contributed by atoms with Crippen LogP contribution in [-0.4, -0.2) is 22.1 Å². The normalized spacial score (nSPS) is 15.3. The molecule has 0 aliphatic carbocycles. The van der Waals surface area contributed by atoms with Crippen LogP contribution in [0.4, 0.5) is 5.13 Å². The first-order valence-electron chi connectivity index (χ1n) is 8.90. The first-order valence-corrected chi connectivity index (χ1v) is 9.72. The van der Waals surface area contributed by atoms with E-state index < -0.39 is 5.60 Å². The fourth-order valence-electron chi connectivity index (χ4n) is 3.16. The van der Waals surface area contributed by atoms with Gasteiger partial charge in [-0.05, 0) is 45.9 Å². The molecular formula is C21H22N2O3S. The van der Waals surface area contributed by atoms with Gasteiger partial charge >= 0.3 is 0 Å². The molecule has 0 atom stereocenters. The number of aromatic nitrogens is 1. The van der Waals surface area contributed by atoms with Crippen LogP contribution in [0.5, 0.6) is 11.5 Å². The number of thiazole rings is 1. The molecule has 0 unspecified atom stereocenters. The predicted molar refractivity (Wildman–Crippen MR) is 108 cm³/mol. The molecule has 2 aromatic carbocycles. The van der Waals surface area contributed by atoms with Crippen molar-refractivity contribution < 1.29 is 14.3 Å². The molecule has 0 saturated heterocycles. The molecule has 1 aliphatic rings. The Kier molecular flexibility index (Phi) is 4.11. The largest absolute Gasteiger partial charge is 0.483 e. The molecule has 4 rings (SSSR count). The highest BCUT2D eigenvalue weighted by Crippen LogP contribution is 2.43. The predicted octanol–water partition coefficient (Wildman–Crippen LogP) is 4.81. The Morgan fingerprint density at radius 3 is 2.78 bits per heavy atom. The number of nitrogens with zero attached hydrogens (tertiary/aromatic N) is 1. The quantitative estimate of drug-likeness (QED) is 0.704. The summed E-state index contributed by atoms with van der Waals surface area (Å²) in [5, 5.41) is 3.44. The molecule has 1 N–H and O–H groups in total. The number of amides is 1. The van der Waals surface area contributed by atoms with Gasteiger partial charge in [0.25, 0.3) is 5.91 Å². The average Bonchev–Trinajstić information content (AvgIpc) is 3.13. The van der Waals surface area contributed by atoms with Crippen molar-refractivity contribution in [3.63, 3.8) is 0 Å². The Morgan fingerprint density at radius 2 is 2.00 bits per heavy atom. The highest BCUT2D eigenvalue weighted by atomic mass is 32.1. The number of ether oxygens (including phenoxy) is 2. The van der Waals surface area contributed by atoms with Gasteiger partial charge in [-0.25, -0.2) is 4.98 Å². The van der Waals surface area contributed by atoms with Crippen LogP contribution in [0.3, 0.4) is 0 Å². The Bertz CT molecular complexity index is 990. The molecule has 5 nitrogen and oxygen atoms in total. The first kappa shape index (κ1) is 17.8. The number of benzene rings is 2. The van der Waals surface area contributed by atoms with Gasteiger partial charge in [0.2, 0.25) is 0 Å². The Hall–Kier alpha value is -2.60. The Labute approximate surface area is 162 Å². The van der Waals surface area contributed by atoms with Gasteiger partial charge in [-0.3, -0.25) is 10.1 Å². The molecule has 2 heterocycles. The summed E-state index contributed by atoms with van der Waals surface area (Å²) in [6, 6.07) is 13.6. The molecule has 0 fully saturated rings. The second-order valence-electron chi connectivity index (χ2n) is 7.84. The summed E-state index contributed by atoms with van der Waals surface area (Å²) in [7, 11) is 0. The van der Waals surface area contributed by atoms with Crippen molar-refractivity contribution in [1.82, 2.24) is 4.98 Å². The fraction of sp³-hybridized carbons (Fsp3) is 0.333. The summed E-state index contributed by atoms with van der Waals surface area (Å²) in [6.45, 7) is 7.58. The van der Waals surface area contributed by atoms with Crippen LogP contribution in [-0.2, 0) is 11.2 Å². The van der Waals surface area contributed by atoms with Crippen molar-refractivity contribution in [1.29, 1.82) is 0 Å². The van der Waals surface area contributed by atoms with Crippen LogP contribution in [0, 0.1) is 0 Å². The van der Waals surface area contributed by atoms with Gasteiger partial charge in [0.05, 0.1) is 10.2 Å². The number of anilines is 1.